The van der Waals surface area contributed by atoms with Crippen LogP contribution >= 0.6 is 15.9 Å². The summed E-state index contributed by atoms with van der Waals surface area (Å²) in [6.45, 7) is 1.08. The summed E-state index contributed by atoms with van der Waals surface area (Å²) in [6.07, 6.45) is 3.46. The molecule has 2 nitrogen and oxygen atoms in total. The van der Waals surface area contributed by atoms with Crippen LogP contribution in [-0.4, -0.2) is 20.7 Å². The summed E-state index contributed by atoms with van der Waals surface area (Å²) in [5.74, 6) is 0.989. The Morgan fingerprint density at radius 1 is 1.33 bits per heavy atom. The Morgan fingerprint density at radius 2 is 2.13 bits per heavy atom. The van der Waals surface area contributed by atoms with Gasteiger partial charge in [0.25, 0.3) is 0 Å². The maximum Gasteiger partial charge on any atom is 0.122 e. The molecule has 0 spiro atoms. The normalized spacial score (nSPS) is 10.3. The van der Waals surface area contributed by atoms with E-state index in [-0.39, 0.29) is 0 Å². The van der Waals surface area contributed by atoms with E-state index >= 15 is 0 Å². The first kappa shape index (κ1) is 12.5. The molecule has 0 aromatic heterocycles. The highest BCUT2D eigenvalue weighted by atomic mass is 79.9. The molecule has 0 aliphatic carbocycles. The SMILES string of the molecule is CNCCCCc1cc(Br)ccc1OC. The molecule has 1 rings (SSSR count). The van der Waals surface area contributed by atoms with Crippen LogP contribution in [-0.2, 0) is 6.42 Å². The maximum atomic E-state index is 5.32. The molecular formula is C12H18BrNO. The van der Waals surface area contributed by atoms with Gasteiger partial charge in [-0.05, 0) is 56.6 Å². The van der Waals surface area contributed by atoms with Crippen molar-refractivity contribution < 1.29 is 4.74 Å². The first-order valence-electron chi connectivity index (χ1n) is 5.25. The van der Waals surface area contributed by atoms with E-state index < -0.39 is 0 Å². The van der Waals surface area contributed by atoms with Crippen LogP contribution < -0.4 is 10.1 Å². The number of aryl methyl sites for hydroxylation is 1. The van der Waals surface area contributed by atoms with Gasteiger partial charge in [0.05, 0.1) is 7.11 Å². The molecule has 0 aliphatic heterocycles. The summed E-state index contributed by atoms with van der Waals surface area (Å²) in [6, 6.07) is 6.16. The van der Waals surface area contributed by atoms with Gasteiger partial charge in [-0.1, -0.05) is 15.9 Å². The molecule has 0 aliphatic rings. The van der Waals surface area contributed by atoms with Crippen LogP contribution in [0.1, 0.15) is 18.4 Å². The second-order valence-electron chi connectivity index (χ2n) is 3.52. The van der Waals surface area contributed by atoms with Crippen molar-refractivity contribution in [3.8, 4) is 5.75 Å². The highest BCUT2D eigenvalue weighted by Gasteiger charge is 2.02. The van der Waals surface area contributed by atoms with Crippen LogP contribution in [0.3, 0.4) is 0 Å². The number of hydrogen-bond acceptors (Lipinski definition) is 2. The Hall–Kier alpha value is -0.540. The Labute approximate surface area is 100 Å². The van der Waals surface area contributed by atoms with Crippen molar-refractivity contribution in [2.45, 2.75) is 19.3 Å². The number of rotatable bonds is 6. The van der Waals surface area contributed by atoms with Gasteiger partial charge in [0.1, 0.15) is 5.75 Å². The van der Waals surface area contributed by atoms with Crippen molar-refractivity contribution in [3.63, 3.8) is 0 Å². The van der Waals surface area contributed by atoms with E-state index in [1.807, 2.05) is 19.2 Å². The van der Waals surface area contributed by atoms with Crippen LogP contribution in [0.25, 0.3) is 0 Å². The molecule has 15 heavy (non-hydrogen) atoms. The molecule has 0 radical (unpaired) electrons. The molecule has 1 aromatic carbocycles. The lowest BCUT2D eigenvalue weighted by Gasteiger charge is -2.08. The fraction of sp³-hybridized carbons (Fsp3) is 0.500. The van der Waals surface area contributed by atoms with E-state index in [0.717, 1.165) is 23.2 Å². The standard InChI is InChI=1S/C12H18BrNO/c1-14-8-4-3-5-10-9-11(13)6-7-12(10)15-2/h6-7,9,14H,3-5,8H2,1-2H3. The van der Waals surface area contributed by atoms with Gasteiger partial charge in [0, 0.05) is 4.47 Å². The largest absolute Gasteiger partial charge is 0.496 e. The summed E-state index contributed by atoms with van der Waals surface area (Å²) < 4.78 is 6.44. The molecule has 0 bridgehead atoms. The van der Waals surface area contributed by atoms with Gasteiger partial charge in [0.2, 0.25) is 0 Å². The van der Waals surface area contributed by atoms with Gasteiger partial charge in [-0.2, -0.15) is 0 Å². The lowest BCUT2D eigenvalue weighted by molar-refractivity contribution is 0.408. The fourth-order valence-electron chi connectivity index (χ4n) is 1.56. The number of nitrogens with one attached hydrogen (secondary N) is 1. The number of methoxy groups -OCH3 is 1. The summed E-state index contributed by atoms with van der Waals surface area (Å²) in [5, 5.41) is 3.15. The molecule has 0 saturated carbocycles. The molecule has 3 heteroatoms. The van der Waals surface area contributed by atoms with Gasteiger partial charge in [-0.25, -0.2) is 0 Å². The Kier molecular flexibility index (Phi) is 5.73. The molecule has 0 amide bonds. The second kappa shape index (κ2) is 6.85. The van der Waals surface area contributed by atoms with Gasteiger partial charge < -0.3 is 10.1 Å². The fourth-order valence-corrected chi connectivity index (χ4v) is 1.97. The first-order valence-corrected chi connectivity index (χ1v) is 6.04. The summed E-state index contributed by atoms with van der Waals surface area (Å²) >= 11 is 3.48. The van der Waals surface area contributed by atoms with Crippen LogP contribution in [0.15, 0.2) is 22.7 Å². The van der Waals surface area contributed by atoms with Crippen molar-refractivity contribution in [3.05, 3.63) is 28.2 Å². The highest BCUT2D eigenvalue weighted by Crippen LogP contribution is 2.24. The molecule has 0 saturated heterocycles. The Morgan fingerprint density at radius 3 is 2.80 bits per heavy atom. The van der Waals surface area contributed by atoms with Crippen LogP contribution in [0, 0.1) is 0 Å². The van der Waals surface area contributed by atoms with Crippen LogP contribution in [0.5, 0.6) is 5.75 Å². The molecule has 1 N–H and O–H groups in total. The smallest absolute Gasteiger partial charge is 0.122 e. The Bertz CT molecular complexity index is 302. The number of benzene rings is 1. The van der Waals surface area contributed by atoms with Crippen LogP contribution in [0.2, 0.25) is 0 Å². The van der Waals surface area contributed by atoms with E-state index in [0.29, 0.717) is 0 Å². The minimum Gasteiger partial charge on any atom is -0.496 e. The Balaban J connectivity index is 2.54. The van der Waals surface area contributed by atoms with Gasteiger partial charge in [-0.15, -0.1) is 0 Å². The van der Waals surface area contributed by atoms with Gasteiger partial charge >= 0.3 is 0 Å². The lowest BCUT2D eigenvalue weighted by Crippen LogP contribution is -2.07. The van der Waals surface area contributed by atoms with Crippen molar-refractivity contribution in [1.82, 2.24) is 5.32 Å². The number of halogens is 1. The predicted molar refractivity (Wildman–Crippen MR) is 67.6 cm³/mol. The van der Waals surface area contributed by atoms with E-state index in [2.05, 4.69) is 27.3 Å². The molecule has 0 fully saturated rings. The second-order valence-corrected chi connectivity index (χ2v) is 4.43. The third-order valence-electron chi connectivity index (χ3n) is 2.37. The molecule has 0 atom stereocenters. The average molecular weight is 272 g/mol. The van der Waals surface area contributed by atoms with Crippen molar-refractivity contribution in [2.75, 3.05) is 20.7 Å². The third kappa shape index (κ3) is 4.22. The number of ether oxygens (including phenoxy) is 1. The van der Waals surface area contributed by atoms with Crippen molar-refractivity contribution in [1.29, 1.82) is 0 Å². The molecule has 0 heterocycles. The van der Waals surface area contributed by atoms with E-state index in [9.17, 15) is 0 Å². The molecular weight excluding hydrogens is 254 g/mol. The zero-order valence-corrected chi connectivity index (χ0v) is 10.9. The first-order chi connectivity index (χ1) is 7.27. The lowest BCUT2D eigenvalue weighted by atomic mass is 10.1. The summed E-state index contributed by atoms with van der Waals surface area (Å²) in [5.41, 5.74) is 1.28. The topological polar surface area (TPSA) is 21.3 Å². The molecule has 84 valence electrons. The maximum absolute atomic E-state index is 5.32. The van der Waals surface area contributed by atoms with Crippen LogP contribution in [0.4, 0.5) is 0 Å². The third-order valence-corrected chi connectivity index (χ3v) is 2.86. The van der Waals surface area contributed by atoms with Crippen molar-refractivity contribution in [2.24, 2.45) is 0 Å². The van der Waals surface area contributed by atoms with E-state index in [1.54, 1.807) is 7.11 Å². The quantitative estimate of drug-likeness (QED) is 0.804. The molecule has 1 aromatic rings. The number of hydrogen-bond donors (Lipinski definition) is 1. The zero-order valence-electron chi connectivity index (χ0n) is 9.35. The van der Waals surface area contributed by atoms with Crippen molar-refractivity contribution >= 4 is 15.9 Å². The highest BCUT2D eigenvalue weighted by molar-refractivity contribution is 9.10. The monoisotopic (exact) mass is 271 g/mol. The molecule has 0 unspecified atom stereocenters. The minimum absolute atomic E-state index is 0.989. The summed E-state index contributed by atoms with van der Waals surface area (Å²) in [4.78, 5) is 0. The minimum atomic E-state index is 0.989. The summed E-state index contributed by atoms with van der Waals surface area (Å²) in [7, 11) is 3.71. The average Bonchev–Trinajstić information content (AvgIpc) is 2.25. The van der Waals surface area contributed by atoms with E-state index in [4.69, 9.17) is 4.74 Å². The van der Waals surface area contributed by atoms with Gasteiger partial charge in [-0.3, -0.25) is 0 Å². The van der Waals surface area contributed by atoms with E-state index in [1.165, 1.54) is 18.4 Å². The van der Waals surface area contributed by atoms with Gasteiger partial charge in [0.15, 0.2) is 0 Å². The predicted octanol–water partition coefficient (Wildman–Crippen LogP) is 3.00. The number of unbranched alkanes of at least 4 members (excludes halogenated alkanes) is 1. The zero-order chi connectivity index (χ0) is 11.1.